The van der Waals surface area contributed by atoms with E-state index in [9.17, 15) is 4.79 Å². The van der Waals surface area contributed by atoms with E-state index in [1.807, 2.05) is 6.26 Å². The number of thioether (sulfide) groups is 1. The molecule has 0 fully saturated rings. The number of hydrogen-bond acceptors (Lipinski definition) is 3. The predicted octanol–water partition coefficient (Wildman–Crippen LogP) is -0.0520. The van der Waals surface area contributed by atoms with Gasteiger partial charge in [-0.2, -0.15) is 0 Å². The molecule has 0 bridgehead atoms. The van der Waals surface area contributed by atoms with E-state index in [1.165, 1.54) is 11.8 Å². The molecule has 1 radical (unpaired) electrons. The number of carbonyl (C=O) groups is 1. The van der Waals surface area contributed by atoms with Crippen LogP contribution in [-0.4, -0.2) is 17.5 Å². The summed E-state index contributed by atoms with van der Waals surface area (Å²) in [5.41, 5.74) is 3.21. The number of rotatable bonds is 0. The van der Waals surface area contributed by atoms with Crippen molar-refractivity contribution in [1.29, 1.82) is 0 Å². The van der Waals surface area contributed by atoms with Gasteiger partial charge in [-0.25, -0.2) is 4.79 Å². The Bertz CT molecular complexity index is 143. The molecule has 1 rings (SSSR count). The van der Waals surface area contributed by atoms with Crippen LogP contribution in [0, 0.1) is 0 Å². The third kappa shape index (κ3) is 0.919. The van der Waals surface area contributed by atoms with Crippen LogP contribution in [0.3, 0.4) is 0 Å². The Balaban J connectivity index is 2.49. The third-order valence-electron chi connectivity index (χ3n) is 0.639. The van der Waals surface area contributed by atoms with Gasteiger partial charge in [0.2, 0.25) is 0 Å². The molecule has 0 saturated heterocycles. The van der Waals surface area contributed by atoms with Crippen molar-refractivity contribution >= 4 is 23.0 Å². The molecule has 0 aromatic carbocycles. The fourth-order valence-corrected chi connectivity index (χ4v) is 0.636. The van der Waals surface area contributed by atoms with Gasteiger partial charge in [0, 0.05) is 0 Å². The van der Waals surface area contributed by atoms with Crippen LogP contribution < -0.4 is 10.7 Å². The van der Waals surface area contributed by atoms with Crippen molar-refractivity contribution in [2.45, 2.75) is 0 Å². The van der Waals surface area contributed by atoms with Crippen LogP contribution in [0.15, 0.2) is 5.10 Å². The molecule has 0 aromatic rings. The van der Waals surface area contributed by atoms with Crippen LogP contribution in [0.5, 0.6) is 0 Å². The molecule has 1 aliphatic rings. The maximum Gasteiger partial charge on any atom is 0.365 e. The van der Waals surface area contributed by atoms with Crippen LogP contribution in [0.2, 0.25) is 0 Å². The number of nitrogens with one attached hydrogen (secondary N) is 1. The van der Waals surface area contributed by atoms with Crippen molar-refractivity contribution < 1.29 is 4.79 Å². The quantitative estimate of drug-likeness (QED) is 0.499. The number of carbonyl (C=O) groups excluding carboxylic acids is 1. The molecule has 0 atom stereocenters. The zero-order valence-corrected chi connectivity index (χ0v) is 5.03. The van der Waals surface area contributed by atoms with Crippen molar-refractivity contribution in [2.75, 3.05) is 6.26 Å². The Labute approximate surface area is 50.7 Å². The molecule has 1 heterocycles. The van der Waals surface area contributed by atoms with Gasteiger partial charge in [0.15, 0.2) is 5.17 Å². The maximum atomic E-state index is 10.2. The molecule has 43 valence electrons. The topological polar surface area (TPSA) is 55.6 Å². The first-order chi connectivity index (χ1) is 3.83. The van der Waals surface area contributed by atoms with Crippen LogP contribution in [0.25, 0.3) is 0 Å². The zero-order chi connectivity index (χ0) is 5.98. The monoisotopic (exact) mass is 130 g/mol. The lowest BCUT2D eigenvalue weighted by Crippen LogP contribution is -2.22. The van der Waals surface area contributed by atoms with Gasteiger partial charge in [-0.15, -0.1) is 5.10 Å². The summed E-state index contributed by atoms with van der Waals surface area (Å²) in [6.45, 7) is 0. The molecular formula is C3H4N3OS. The molecular weight excluding hydrogens is 126 g/mol. The zero-order valence-electron chi connectivity index (χ0n) is 4.21. The summed E-state index contributed by atoms with van der Waals surface area (Å²) in [6, 6.07) is -0.380. The smallest absolute Gasteiger partial charge is 0.282 e. The van der Waals surface area contributed by atoms with Gasteiger partial charge in [0.1, 0.15) is 0 Å². The summed E-state index contributed by atoms with van der Waals surface area (Å²) in [5.74, 6) is 0. The van der Waals surface area contributed by atoms with Crippen LogP contribution >= 0.6 is 11.8 Å². The average Bonchev–Trinajstić information content (AvgIpc) is 2.14. The van der Waals surface area contributed by atoms with E-state index in [0.717, 1.165) is 0 Å². The van der Waals surface area contributed by atoms with E-state index in [2.05, 4.69) is 15.8 Å². The number of hydrogen-bond donors (Lipinski definition) is 1. The molecule has 1 aliphatic heterocycles. The second-order valence-electron chi connectivity index (χ2n) is 1.14. The predicted molar refractivity (Wildman–Crippen MR) is 31.6 cm³/mol. The van der Waals surface area contributed by atoms with Crippen molar-refractivity contribution in [3.05, 3.63) is 0 Å². The summed E-state index contributed by atoms with van der Waals surface area (Å²) < 4.78 is 0. The van der Waals surface area contributed by atoms with Gasteiger partial charge in [0.05, 0.1) is 0 Å². The summed E-state index contributed by atoms with van der Waals surface area (Å²) >= 11 is 1.36. The number of urea groups is 1. The van der Waals surface area contributed by atoms with Gasteiger partial charge in [-0.05, 0) is 6.26 Å². The molecule has 0 aromatic heterocycles. The van der Waals surface area contributed by atoms with Gasteiger partial charge in [-0.3, -0.25) is 5.32 Å². The fraction of sp³-hybridized carbons (Fsp3) is 0.333. The van der Waals surface area contributed by atoms with Gasteiger partial charge < -0.3 is 0 Å². The number of amides is 2. The van der Waals surface area contributed by atoms with Crippen molar-refractivity contribution in [3.63, 3.8) is 0 Å². The minimum atomic E-state index is -0.380. The second kappa shape index (κ2) is 2.04. The largest absolute Gasteiger partial charge is 0.365 e. The molecule has 0 saturated carbocycles. The first kappa shape index (κ1) is 5.43. The molecule has 2 amide bonds. The Morgan fingerprint density at radius 2 is 2.50 bits per heavy atom. The fourth-order valence-electron chi connectivity index (χ4n) is 0.324. The van der Waals surface area contributed by atoms with Gasteiger partial charge >= 0.3 is 6.03 Å². The molecule has 5 heteroatoms. The molecule has 8 heavy (non-hydrogen) atoms. The lowest BCUT2D eigenvalue weighted by Gasteiger charge is -1.86. The highest BCUT2D eigenvalue weighted by atomic mass is 32.2. The lowest BCUT2D eigenvalue weighted by molar-refractivity contribution is 0.247. The minimum absolute atomic E-state index is 0.380. The van der Waals surface area contributed by atoms with E-state index in [4.69, 9.17) is 0 Å². The maximum absolute atomic E-state index is 10.2. The van der Waals surface area contributed by atoms with Gasteiger partial charge in [-0.1, -0.05) is 17.2 Å². The van der Waals surface area contributed by atoms with E-state index in [-0.39, 0.29) is 6.03 Å². The van der Waals surface area contributed by atoms with Crippen LogP contribution in [0.1, 0.15) is 0 Å². The lowest BCUT2D eigenvalue weighted by atomic mass is 11.0. The van der Waals surface area contributed by atoms with Gasteiger partial charge in [0.25, 0.3) is 0 Å². The molecule has 0 spiro atoms. The molecule has 0 unspecified atom stereocenters. The first-order valence-electron chi connectivity index (χ1n) is 1.96. The second-order valence-corrected chi connectivity index (χ2v) is 1.93. The highest BCUT2D eigenvalue weighted by Gasteiger charge is 2.12. The Morgan fingerprint density at radius 1 is 1.75 bits per heavy atom. The van der Waals surface area contributed by atoms with E-state index in [0.29, 0.717) is 5.17 Å². The molecule has 4 nitrogen and oxygen atoms in total. The van der Waals surface area contributed by atoms with Crippen molar-refractivity contribution in [1.82, 2.24) is 10.7 Å². The highest BCUT2D eigenvalue weighted by molar-refractivity contribution is 8.13. The van der Waals surface area contributed by atoms with E-state index < -0.39 is 0 Å². The first-order valence-corrected chi connectivity index (χ1v) is 3.19. The standard InChI is InChI=1S/C3H4N3OS/c1-8-3-4-2(7)5-6-3/h1H3,(H,4,6,7). The molecule has 0 aliphatic carbocycles. The van der Waals surface area contributed by atoms with E-state index >= 15 is 0 Å². The summed E-state index contributed by atoms with van der Waals surface area (Å²) in [5, 5.41) is 6.45. The van der Waals surface area contributed by atoms with Crippen LogP contribution in [0.4, 0.5) is 4.79 Å². The van der Waals surface area contributed by atoms with Crippen LogP contribution in [-0.2, 0) is 0 Å². The molecule has 1 N–H and O–H groups in total. The Morgan fingerprint density at radius 3 is 2.75 bits per heavy atom. The van der Waals surface area contributed by atoms with Crippen molar-refractivity contribution in [3.8, 4) is 0 Å². The Hall–Kier alpha value is -0.710. The SMILES string of the molecule is CSC1=N[N]C(=O)N1. The van der Waals surface area contributed by atoms with E-state index in [1.54, 1.807) is 0 Å². The number of nitrogens with zero attached hydrogens (tertiary/aromatic N) is 2. The highest BCUT2D eigenvalue weighted by Crippen LogP contribution is 1.97. The summed E-state index contributed by atoms with van der Waals surface area (Å²) in [6.07, 6.45) is 1.82. The third-order valence-corrected chi connectivity index (χ3v) is 1.21. The van der Waals surface area contributed by atoms with Crippen molar-refractivity contribution in [2.24, 2.45) is 5.10 Å². The summed E-state index contributed by atoms with van der Waals surface area (Å²) in [4.78, 5) is 10.2. The average molecular weight is 130 g/mol. The summed E-state index contributed by atoms with van der Waals surface area (Å²) in [7, 11) is 0. The normalized spacial score (nSPS) is 17.1. The number of amidine groups is 1. The Kier molecular flexibility index (Phi) is 1.38. The minimum Gasteiger partial charge on any atom is -0.282 e.